The quantitative estimate of drug-likeness (QED) is 0.570. The normalized spacial score (nSPS) is 16.2. The number of hydrogen-bond donors (Lipinski definition) is 1. The van der Waals surface area contributed by atoms with Gasteiger partial charge in [0.15, 0.2) is 0 Å². The zero-order valence-corrected chi connectivity index (χ0v) is 17.5. The number of piperidine rings is 1. The van der Waals surface area contributed by atoms with E-state index in [1.807, 2.05) is 91.0 Å². The minimum absolute atomic E-state index is 0.111. The van der Waals surface area contributed by atoms with Gasteiger partial charge < -0.3 is 14.7 Å². The molecule has 1 aliphatic rings. The highest BCUT2D eigenvalue weighted by Gasteiger charge is 2.41. The lowest BCUT2D eigenvalue weighted by Gasteiger charge is -2.40. The van der Waals surface area contributed by atoms with E-state index in [4.69, 9.17) is 4.74 Å². The van der Waals surface area contributed by atoms with Crippen molar-refractivity contribution in [1.29, 1.82) is 0 Å². The van der Waals surface area contributed by atoms with E-state index in [9.17, 15) is 5.11 Å². The van der Waals surface area contributed by atoms with Crippen LogP contribution in [0.25, 0.3) is 0 Å². The van der Waals surface area contributed by atoms with E-state index in [0.29, 0.717) is 6.61 Å². The fourth-order valence-corrected chi connectivity index (χ4v) is 4.50. The molecule has 0 saturated carbocycles. The Morgan fingerprint density at radius 3 is 1.77 bits per heavy atom. The Morgan fingerprint density at radius 1 is 0.733 bits per heavy atom. The molecule has 1 fully saturated rings. The molecule has 1 unspecified atom stereocenters. The topological polar surface area (TPSA) is 32.7 Å². The lowest BCUT2D eigenvalue weighted by Crippen LogP contribution is -2.47. The van der Waals surface area contributed by atoms with Crippen LogP contribution in [0.15, 0.2) is 91.0 Å². The zero-order valence-electron chi connectivity index (χ0n) is 17.5. The lowest BCUT2D eigenvalue weighted by molar-refractivity contribution is -0.0229. The summed E-state index contributed by atoms with van der Waals surface area (Å²) < 4.78 is 6.21. The fraction of sp³-hybridized carbons (Fsp3) is 0.333. The summed E-state index contributed by atoms with van der Waals surface area (Å²) in [6, 6.07) is 30.0. The Balaban J connectivity index is 1.69. The van der Waals surface area contributed by atoms with Crippen molar-refractivity contribution >= 4 is 0 Å². The number of benzene rings is 3. The molecule has 0 amide bonds. The molecule has 4 rings (SSSR count). The number of hydrogen-bond acceptors (Lipinski definition) is 3. The van der Waals surface area contributed by atoms with Gasteiger partial charge in [0.1, 0.15) is 11.4 Å². The van der Waals surface area contributed by atoms with Gasteiger partial charge in [0, 0.05) is 12.5 Å². The van der Waals surface area contributed by atoms with E-state index in [-0.39, 0.29) is 5.92 Å². The molecule has 0 aliphatic carbocycles. The highest BCUT2D eigenvalue weighted by atomic mass is 16.5. The molecule has 1 saturated heterocycles. The van der Waals surface area contributed by atoms with Gasteiger partial charge in [-0.15, -0.1) is 0 Å². The van der Waals surface area contributed by atoms with Gasteiger partial charge in [0.05, 0.1) is 6.61 Å². The van der Waals surface area contributed by atoms with Crippen molar-refractivity contribution in [1.82, 2.24) is 4.90 Å². The Hall–Kier alpha value is -2.62. The number of rotatable bonds is 8. The lowest BCUT2D eigenvalue weighted by atomic mass is 9.76. The first kappa shape index (κ1) is 20.6. The summed E-state index contributed by atoms with van der Waals surface area (Å²) >= 11 is 0. The minimum Gasteiger partial charge on any atom is -0.493 e. The van der Waals surface area contributed by atoms with Gasteiger partial charge in [0.25, 0.3) is 0 Å². The molecule has 0 radical (unpaired) electrons. The minimum atomic E-state index is -1.13. The molecule has 1 heterocycles. The fourth-order valence-electron chi connectivity index (χ4n) is 4.50. The van der Waals surface area contributed by atoms with Crippen LogP contribution >= 0.6 is 0 Å². The monoisotopic (exact) mass is 401 g/mol. The first-order valence-corrected chi connectivity index (χ1v) is 11.0. The van der Waals surface area contributed by atoms with E-state index in [1.54, 1.807) is 0 Å². The SMILES string of the molecule is OC(c1ccccc1)(c1ccccc1)C(COc1ccccc1)CN1CCCCC1. The van der Waals surface area contributed by atoms with Gasteiger partial charge in [-0.2, -0.15) is 0 Å². The van der Waals surface area contributed by atoms with Crippen molar-refractivity contribution in [2.45, 2.75) is 24.9 Å². The van der Waals surface area contributed by atoms with Crippen LogP contribution in [0.4, 0.5) is 0 Å². The highest BCUT2D eigenvalue weighted by Crippen LogP contribution is 2.38. The molecule has 3 aromatic rings. The number of aliphatic hydroxyl groups is 1. The van der Waals surface area contributed by atoms with Crippen LogP contribution in [0, 0.1) is 5.92 Å². The average molecular weight is 402 g/mol. The summed E-state index contributed by atoms with van der Waals surface area (Å²) in [6.07, 6.45) is 3.74. The van der Waals surface area contributed by atoms with Crippen LogP contribution in [-0.4, -0.2) is 36.2 Å². The van der Waals surface area contributed by atoms with Crippen molar-refractivity contribution in [2.24, 2.45) is 5.92 Å². The molecule has 3 heteroatoms. The third-order valence-corrected chi connectivity index (χ3v) is 6.14. The van der Waals surface area contributed by atoms with E-state index in [2.05, 4.69) is 4.90 Å². The second-order valence-electron chi connectivity index (χ2n) is 8.18. The smallest absolute Gasteiger partial charge is 0.122 e. The molecule has 30 heavy (non-hydrogen) atoms. The van der Waals surface area contributed by atoms with Crippen molar-refractivity contribution in [3.05, 3.63) is 102 Å². The maximum absolute atomic E-state index is 12.3. The molecular weight excluding hydrogens is 370 g/mol. The molecule has 1 N–H and O–H groups in total. The molecule has 1 atom stereocenters. The van der Waals surface area contributed by atoms with E-state index in [1.165, 1.54) is 19.3 Å². The van der Waals surface area contributed by atoms with Crippen LogP contribution < -0.4 is 4.74 Å². The first-order valence-electron chi connectivity index (χ1n) is 11.0. The number of nitrogens with zero attached hydrogens (tertiary/aromatic N) is 1. The summed E-state index contributed by atoms with van der Waals surface area (Å²) in [7, 11) is 0. The third kappa shape index (κ3) is 4.75. The van der Waals surface area contributed by atoms with Crippen molar-refractivity contribution in [3.63, 3.8) is 0 Å². The number of ether oxygens (including phenoxy) is 1. The summed E-state index contributed by atoms with van der Waals surface area (Å²) in [6.45, 7) is 3.41. The second-order valence-corrected chi connectivity index (χ2v) is 8.18. The van der Waals surface area contributed by atoms with Crippen LogP contribution in [0.2, 0.25) is 0 Å². The van der Waals surface area contributed by atoms with Crippen LogP contribution in [0.3, 0.4) is 0 Å². The Morgan fingerprint density at radius 2 is 1.23 bits per heavy atom. The van der Waals surface area contributed by atoms with Gasteiger partial charge in [0.2, 0.25) is 0 Å². The van der Waals surface area contributed by atoms with Gasteiger partial charge in [-0.1, -0.05) is 85.3 Å². The molecule has 1 aliphatic heterocycles. The van der Waals surface area contributed by atoms with Gasteiger partial charge in [-0.05, 0) is 49.2 Å². The molecular formula is C27H31NO2. The second kappa shape index (κ2) is 9.92. The standard InChI is InChI=1S/C27H31NO2/c29-27(23-13-5-1-6-14-23,24-15-7-2-8-16-24)25(21-28-19-11-4-12-20-28)22-30-26-17-9-3-10-18-26/h1-3,5-10,13-18,25,29H,4,11-12,19-22H2. The highest BCUT2D eigenvalue weighted by molar-refractivity contribution is 5.37. The maximum atomic E-state index is 12.3. The Labute approximate surface area is 179 Å². The molecule has 3 aromatic carbocycles. The summed E-state index contributed by atoms with van der Waals surface area (Å²) in [5.41, 5.74) is 0.694. The number of likely N-dealkylation sites (tertiary alicyclic amines) is 1. The van der Waals surface area contributed by atoms with Gasteiger partial charge >= 0.3 is 0 Å². The van der Waals surface area contributed by atoms with Crippen molar-refractivity contribution in [2.75, 3.05) is 26.2 Å². The van der Waals surface area contributed by atoms with Gasteiger partial charge in [-0.25, -0.2) is 0 Å². The van der Waals surface area contributed by atoms with E-state index >= 15 is 0 Å². The molecule has 3 nitrogen and oxygen atoms in total. The van der Waals surface area contributed by atoms with E-state index in [0.717, 1.165) is 36.5 Å². The summed E-state index contributed by atoms with van der Waals surface area (Å²) in [4.78, 5) is 2.49. The summed E-state index contributed by atoms with van der Waals surface area (Å²) in [5, 5.41) is 12.3. The largest absolute Gasteiger partial charge is 0.493 e. The molecule has 0 spiro atoms. The third-order valence-electron chi connectivity index (χ3n) is 6.14. The van der Waals surface area contributed by atoms with Crippen molar-refractivity contribution in [3.8, 4) is 5.75 Å². The van der Waals surface area contributed by atoms with Gasteiger partial charge in [-0.3, -0.25) is 0 Å². The van der Waals surface area contributed by atoms with Crippen LogP contribution in [0.1, 0.15) is 30.4 Å². The van der Waals surface area contributed by atoms with Crippen molar-refractivity contribution < 1.29 is 9.84 Å². The van der Waals surface area contributed by atoms with Crippen LogP contribution in [-0.2, 0) is 5.60 Å². The average Bonchev–Trinajstić information content (AvgIpc) is 2.83. The Kier molecular flexibility index (Phi) is 6.83. The van der Waals surface area contributed by atoms with Crippen LogP contribution in [0.5, 0.6) is 5.75 Å². The Bertz CT molecular complexity index is 837. The maximum Gasteiger partial charge on any atom is 0.122 e. The molecule has 0 bridgehead atoms. The molecule has 156 valence electrons. The summed E-state index contributed by atoms with van der Waals surface area (Å²) in [5.74, 6) is 0.727. The predicted molar refractivity (Wildman–Crippen MR) is 122 cm³/mol. The molecule has 0 aromatic heterocycles. The number of para-hydroxylation sites is 1. The predicted octanol–water partition coefficient (Wildman–Crippen LogP) is 5.10. The first-order chi connectivity index (χ1) is 14.8. The zero-order chi connectivity index (χ0) is 20.7. The van der Waals surface area contributed by atoms with E-state index < -0.39 is 5.60 Å².